The summed E-state index contributed by atoms with van der Waals surface area (Å²) in [6.07, 6.45) is 0.861. The summed E-state index contributed by atoms with van der Waals surface area (Å²) >= 11 is 6.56. The van der Waals surface area contributed by atoms with Crippen molar-refractivity contribution >= 4 is 54.7 Å². The molecule has 3 amide bonds. The number of amides is 3. The van der Waals surface area contributed by atoms with Crippen LogP contribution in [0, 0.1) is 5.92 Å². The normalized spacial score (nSPS) is 26.7. The minimum absolute atomic E-state index is 0.00449. The Morgan fingerprint density at radius 2 is 1.85 bits per heavy atom. The standard InChI is InChI=1S/C36H40ClN3O7Si/c1-22-34(48(2,3)45)31(18-32(42)38-15-7-10-26(38)20-41)47-36(22)27-17-24(37)13-14-28(27)39(35(36)44)19-23-8-6-9-25(16-23)40-29-11-4-5-12-30(29)46-21-33(40)43/h4-6,8-9,11-14,16-17,22,26,31,34,41,45H,7,10,15,18-21H2,1-3H3/t22-,26-,31+,34-,36+/m0/s1. The van der Waals surface area contributed by atoms with Gasteiger partial charge in [-0.15, -0.1) is 0 Å². The highest BCUT2D eigenvalue weighted by Crippen LogP contribution is 2.60. The third-order valence-corrected chi connectivity index (χ3v) is 13.2. The zero-order valence-corrected chi connectivity index (χ0v) is 29.0. The number of hydrogen-bond donors (Lipinski definition) is 2. The summed E-state index contributed by atoms with van der Waals surface area (Å²) in [5.41, 5.74) is 1.49. The molecule has 0 radical (unpaired) electrons. The molecule has 10 nitrogen and oxygen atoms in total. The number of benzene rings is 3. The smallest absolute Gasteiger partial charge is 0.269 e. The van der Waals surface area contributed by atoms with E-state index in [4.69, 9.17) is 21.1 Å². The number of hydrogen-bond acceptors (Lipinski definition) is 7. The molecule has 2 saturated heterocycles. The van der Waals surface area contributed by atoms with Gasteiger partial charge in [-0.1, -0.05) is 42.8 Å². The number of anilines is 3. The Balaban J connectivity index is 1.23. The summed E-state index contributed by atoms with van der Waals surface area (Å²) in [6, 6.07) is 20.0. The number of carbonyl (C=O) groups excluding carboxylic acids is 3. The van der Waals surface area contributed by atoms with Gasteiger partial charge in [0.05, 0.1) is 43.1 Å². The fraction of sp³-hybridized carbons (Fsp3) is 0.417. The predicted molar refractivity (Wildman–Crippen MR) is 184 cm³/mol. The van der Waals surface area contributed by atoms with Crippen LogP contribution >= 0.6 is 11.6 Å². The van der Waals surface area contributed by atoms with Crippen LogP contribution in [0.25, 0.3) is 0 Å². The van der Waals surface area contributed by atoms with Crippen molar-refractivity contribution < 1.29 is 33.8 Å². The first kappa shape index (κ1) is 32.8. The minimum atomic E-state index is -2.99. The highest BCUT2D eigenvalue weighted by Gasteiger charge is 2.66. The predicted octanol–water partition coefficient (Wildman–Crippen LogP) is 5.12. The van der Waals surface area contributed by atoms with Crippen LogP contribution < -0.4 is 14.5 Å². The molecule has 2 fully saturated rings. The van der Waals surface area contributed by atoms with Crippen molar-refractivity contribution in [1.29, 1.82) is 0 Å². The molecule has 12 heteroatoms. The van der Waals surface area contributed by atoms with Crippen molar-refractivity contribution in [2.45, 2.75) is 69.1 Å². The van der Waals surface area contributed by atoms with Gasteiger partial charge in [-0.05, 0) is 74.0 Å². The fourth-order valence-electron chi connectivity index (χ4n) is 8.41. The molecule has 5 atom stereocenters. The molecule has 3 aromatic carbocycles. The number of para-hydroxylation sites is 2. The maximum Gasteiger partial charge on any atom is 0.269 e. The van der Waals surface area contributed by atoms with Crippen LogP contribution in [0.15, 0.2) is 66.7 Å². The Labute approximate surface area is 285 Å². The topological polar surface area (TPSA) is 120 Å². The Morgan fingerprint density at radius 3 is 2.62 bits per heavy atom. The van der Waals surface area contributed by atoms with Crippen LogP contribution in [0.4, 0.5) is 17.1 Å². The quantitative estimate of drug-likeness (QED) is 0.331. The van der Waals surface area contributed by atoms with E-state index < -0.39 is 31.5 Å². The van der Waals surface area contributed by atoms with Crippen LogP contribution in [-0.2, 0) is 31.3 Å². The molecule has 7 rings (SSSR count). The Morgan fingerprint density at radius 1 is 1.06 bits per heavy atom. The van der Waals surface area contributed by atoms with Crippen LogP contribution in [-0.4, -0.2) is 72.7 Å². The van der Waals surface area contributed by atoms with Crippen LogP contribution in [0.1, 0.15) is 37.3 Å². The lowest BCUT2D eigenvalue weighted by molar-refractivity contribution is -0.150. The Kier molecular flexibility index (Phi) is 8.40. The molecule has 2 N–H and O–H groups in total. The molecular weight excluding hydrogens is 650 g/mol. The molecule has 4 aliphatic rings. The van der Waals surface area contributed by atoms with E-state index in [9.17, 15) is 24.3 Å². The van der Waals surface area contributed by atoms with Crippen molar-refractivity contribution in [1.82, 2.24) is 4.90 Å². The third kappa shape index (κ3) is 5.32. The van der Waals surface area contributed by atoms with Gasteiger partial charge >= 0.3 is 0 Å². The largest absolute Gasteiger partial charge is 0.482 e. The van der Waals surface area contributed by atoms with Crippen molar-refractivity contribution in [3.05, 3.63) is 82.9 Å². The van der Waals surface area contributed by atoms with Gasteiger partial charge in [-0.25, -0.2) is 0 Å². The number of nitrogens with zero attached hydrogens (tertiary/aromatic N) is 3. The maximum absolute atomic E-state index is 14.9. The van der Waals surface area contributed by atoms with Crippen LogP contribution in [0.5, 0.6) is 5.75 Å². The van der Waals surface area contributed by atoms with Crippen molar-refractivity contribution in [3.63, 3.8) is 0 Å². The molecule has 1 spiro atoms. The van der Waals surface area contributed by atoms with Gasteiger partial charge in [0.25, 0.3) is 11.8 Å². The van der Waals surface area contributed by atoms with Gasteiger partial charge in [0.2, 0.25) is 5.91 Å². The molecule has 4 aliphatic heterocycles. The Hall–Kier alpha value is -3.74. The third-order valence-electron chi connectivity index (χ3n) is 10.4. The second-order valence-electron chi connectivity index (χ2n) is 13.8. The van der Waals surface area contributed by atoms with Crippen molar-refractivity contribution in [3.8, 4) is 5.75 Å². The first-order valence-corrected chi connectivity index (χ1v) is 19.9. The van der Waals surface area contributed by atoms with Gasteiger partial charge in [-0.2, -0.15) is 0 Å². The van der Waals surface area contributed by atoms with Crippen LogP contribution in [0.3, 0.4) is 0 Å². The molecule has 0 saturated carbocycles. The first-order chi connectivity index (χ1) is 22.9. The summed E-state index contributed by atoms with van der Waals surface area (Å²) < 4.78 is 12.5. The van der Waals surface area contributed by atoms with Gasteiger partial charge < -0.3 is 29.2 Å². The first-order valence-electron chi connectivity index (χ1n) is 16.5. The van der Waals surface area contributed by atoms with E-state index in [0.29, 0.717) is 39.9 Å². The molecule has 0 bridgehead atoms. The van der Waals surface area contributed by atoms with E-state index in [1.165, 1.54) is 0 Å². The van der Waals surface area contributed by atoms with Gasteiger partial charge in [0, 0.05) is 34.3 Å². The maximum atomic E-state index is 14.9. The zero-order valence-electron chi connectivity index (χ0n) is 27.3. The van der Waals surface area contributed by atoms with E-state index in [1.807, 2.05) is 74.6 Å². The van der Waals surface area contributed by atoms with E-state index in [0.717, 1.165) is 18.4 Å². The van der Waals surface area contributed by atoms with Crippen molar-refractivity contribution in [2.24, 2.45) is 5.92 Å². The highest BCUT2D eigenvalue weighted by molar-refractivity contribution is 6.71. The lowest BCUT2D eigenvalue weighted by Gasteiger charge is -2.33. The van der Waals surface area contributed by atoms with E-state index in [-0.39, 0.29) is 49.9 Å². The molecule has 3 aromatic rings. The monoisotopic (exact) mass is 689 g/mol. The van der Waals surface area contributed by atoms with E-state index in [1.54, 1.807) is 26.8 Å². The molecule has 252 valence electrons. The SMILES string of the molecule is C[C@H]1[C@H]([Si](C)(C)O)[C@@H](CC(=O)N2CCC[C@H]2CO)O[C@]12C(=O)N(Cc1cccc(N3C(=O)COc4ccccc43)c1)c1ccc(Cl)cc12. The number of likely N-dealkylation sites (tertiary alicyclic amines) is 1. The fourth-order valence-corrected chi connectivity index (χ4v) is 11.1. The summed E-state index contributed by atoms with van der Waals surface area (Å²) in [5.74, 6) is -0.465. The number of aliphatic hydroxyl groups excluding tert-OH is 1. The zero-order chi connectivity index (χ0) is 34.0. The van der Waals surface area contributed by atoms with Crippen LogP contribution in [0.2, 0.25) is 23.7 Å². The highest BCUT2D eigenvalue weighted by atomic mass is 35.5. The van der Waals surface area contributed by atoms with Gasteiger partial charge in [-0.3, -0.25) is 19.3 Å². The minimum Gasteiger partial charge on any atom is -0.482 e. The van der Waals surface area contributed by atoms with Gasteiger partial charge in [0.1, 0.15) is 5.75 Å². The molecule has 0 unspecified atom stereocenters. The summed E-state index contributed by atoms with van der Waals surface area (Å²) in [6.45, 7) is 6.16. The number of halogens is 1. The molecular formula is C36H40ClN3O7Si. The summed E-state index contributed by atoms with van der Waals surface area (Å²) in [7, 11) is -2.99. The van der Waals surface area contributed by atoms with Crippen molar-refractivity contribution in [2.75, 3.05) is 29.6 Å². The van der Waals surface area contributed by atoms with E-state index >= 15 is 0 Å². The number of aliphatic hydroxyl groups is 1. The number of carbonyl (C=O) groups is 3. The average Bonchev–Trinajstić information content (AvgIpc) is 3.71. The summed E-state index contributed by atoms with van der Waals surface area (Å²) in [4.78, 5) is 58.2. The molecule has 0 aliphatic carbocycles. The Bertz CT molecular complexity index is 1780. The lowest BCUT2D eigenvalue weighted by atomic mass is 9.82. The average molecular weight is 690 g/mol. The van der Waals surface area contributed by atoms with E-state index in [2.05, 4.69) is 0 Å². The molecule has 4 heterocycles. The molecule has 0 aromatic heterocycles. The number of ether oxygens (including phenoxy) is 2. The molecule has 48 heavy (non-hydrogen) atoms. The van der Waals surface area contributed by atoms with Gasteiger partial charge in [0.15, 0.2) is 20.5 Å². The second kappa shape index (κ2) is 12.3. The summed E-state index contributed by atoms with van der Waals surface area (Å²) in [5, 5.41) is 10.3. The second-order valence-corrected chi connectivity index (χ2v) is 18.2. The number of rotatable bonds is 7. The number of fused-ring (bicyclic) bond motifs is 3. The lowest BCUT2D eigenvalue weighted by Crippen LogP contribution is -2.46.